The van der Waals surface area contributed by atoms with Crippen LogP contribution in [0.2, 0.25) is 5.02 Å². The lowest BCUT2D eigenvalue weighted by atomic mass is 10.1. The topological polar surface area (TPSA) is 71.1 Å². The molecule has 1 aromatic rings. The molecule has 2 saturated heterocycles. The summed E-state index contributed by atoms with van der Waals surface area (Å²) in [5.41, 5.74) is 0. The SMILES string of the molecule is Cl.O=C(COc1ccc(Cl)cc1)N1CCN(C(=O)CC2COCCN2)CC1. The Bertz CT molecular complexity index is 616. The normalized spacial score (nSPS) is 20.0. The Hall–Kier alpha value is -1.54. The van der Waals surface area contributed by atoms with Gasteiger partial charge in [0.15, 0.2) is 6.61 Å². The zero-order valence-electron chi connectivity index (χ0n) is 15.1. The van der Waals surface area contributed by atoms with Crippen molar-refractivity contribution in [3.05, 3.63) is 29.3 Å². The standard InChI is InChI=1S/C18H24ClN3O4.ClH/c19-14-1-3-16(4-2-14)26-13-18(24)22-8-6-21(7-9-22)17(23)11-15-12-25-10-5-20-15;/h1-4,15,20H,5-13H2;1H. The van der Waals surface area contributed by atoms with Gasteiger partial charge in [0.05, 0.1) is 13.2 Å². The van der Waals surface area contributed by atoms with Crippen molar-refractivity contribution in [2.45, 2.75) is 12.5 Å². The fourth-order valence-corrected chi connectivity index (χ4v) is 3.19. The third-order valence-electron chi connectivity index (χ3n) is 4.58. The first-order valence-corrected chi connectivity index (χ1v) is 9.24. The van der Waals surface area contributed by atoms with Crippen LogP contribution in [-0.2, 0) is 14.3 Å². The molecule has 3 rings (SSSR count). The first-order valence-electron chi connectivity index (χ1n) is 8.87. The van der Waals surface area contributed by atoms with E-state index < -0.39 is 0 Å². The van der Waals surface area contributed by atoms with Gasteiger partial charge >= 0.3 is 0 Å². The van der Waals surface area contributed by atoms with Crippen molar-refractivity contribution >= 4 is 35.8 Å². The summed E-state index contributed by atoms with van der Waals surface area (Å²) in [7, 11) is 0. The number of ether oxygens (including phenoxy) is 2. The van der Waals surface area contributed by atoms with Crippen LogP contribution in [-0.4, -0.2) is 80.2 Å². The summed E-state index contributed by atoms with van der Waals surface area (Å²) in [5, 5.41) is 3.91. The number of nitrogens with zero attached hydrogens (tertiary/aromatic N) is 2. The Kier molecular flexibility index (Phi) is 8.63. The van der Waals surface area contributed by atoms with E-state index in [0.717, 1.165) is 6.54 Å². The summed E-state index contributed by atoms with van der Waals surface area (Å²) in [6.07, 6.45) is 0.438. The van der Waals surface area contributed by atoms with Gasteiger partial charge in [0.25, 0.3) is 5.91 Å². The van der Waals surface area contributed by atoms with E-state index in [4.69, 9.17) is 21.1 Å². The van der Waals surface area contributed by atoms with Crippen LogP contribution in [0, 0.1) is 0 Å². The van der Waals surface area contributed by atoms with Gasteiger partial charge in [0.1, 0.15) is 5.75 Å². The molecular formula is C18H25Cl2N3O4. The number of halogens is 2. The Morgan fingerprint density at radius 3 is 2.33 bits per heavy atom. The highest BCUT2D eigenvalue weighted by Gasteiger charge is 2.26. The molecule has 1 atom stereocenters. The molecule has 2 aliphatic heterocycles. The van der Waals surface area contributed by atoms with E-state index in [1.807, 2.05) is 4.90 Å². The number of benzene rings is 1. The van der Waals surface area contributed by atoms with Crippen LogP contribution in [0.3, 0.4) is 0 Å². The highest BCUT2D eigenvalue weighted by molar-refractivity contribution is 6.30. The second-order valence-corrected chi connectivity index (χ2v) is 6.87. The summed E-state index contributed by atoms with van der Waals surface area (Å²) >= 11 is 5.82. The quantitative estimate of drug-likeness (QED) is 0.778. The Morgan fingerprint density at radius 1 is 1.11 bits per heavy atom. The molecule has 9 heteroatoms. The number of morpholine rings is 1. The van der Waals surface area contributed by atoms with E-state index >= 15 is 0 Å². The summed E-state index contributed by atoms with van der Waals surface area (Å²) in [4.78, 5) is 28.2. The third kappa shape index (κ3) is 6.53. The minimum absolute atomic E-state index is 0. The second kappa shape index (κ2) is 10.7. The zero-order chi connectivity index (χ0) is 18.4. The van der Waals surface area contributed by atoms with Gasteiger partial charge in [0.2, 0.25) is 5.91 Å². The summed E-state index contributed by atoms with van der Waals surface area (Å²) in [5.74, 6) is 0.644. The van der Waals surface area contributed by atoms with Crippen molar-refractivity contribution in [3.63, 3.8) is 0 Å². The molecule has 1 aromatic carbocycles. The maximum Gasteiger partial charge on any atom is 0.260 e. The highest BCUT2D eigenvalue weighted by Crippen LogP contribution is 2.15. The monoisotopic (exact) mass is 417 g/mol. The summed E-state index contributed by atoms with van der Waals surface area (Å²) in [6.45, 7) is 4.22. The average Bonchev–Trinajstić information content (AvgIpc) is 2.68. The predicted molar refractivity (Wildman–Crippen MR) is 105 cm³/mol. The van der Waals surface area contributed by atoms with E-state index in [1.165, 1.54) is 0 Å². The second-order valence-electron chi connectivity index (χ2n) is 6.43. The van der Waals surface area contributed by atoms with Crippen LogP contribution in [0.15, 0.2) is 24.3 Å². The molecule has 2 heterocycles. The van der Waals surface area contributed by atoms with Crippen LogP contribution < -0.4 is 10.1 Å². The largest absolute Gasteiger partial charge is 0.484 e. The number of hydrogen-bond acceptors (Lipinski definition) is 5. The first kappa shape index (κ1) is 21.8. The van der Waals surface area contributed by atoms with Crippen molar-refractivity contribution in [1.82, 2.24) is 15.1 Å². The van der Waals surface area contributed by atoms with E-state index in [2.05, 4.69) is 5.32 Å². The van der Waals surface area contributed by atoms with Gasteiger partial charge in [0, 0.05) is 50.2 Å². The molecule has 1 N–H and O–H groups in total. The molecule has 0 bridgehead atoms. The number of rotatable bonds is 5. The molecule has 2 aliphatic rings. The maximum absolute atomic E-state index is 12.4. The maximum atomic E-state index is 12.4. The Labute approximate surface area is 170 Å². The predicted octanol–water partition coefficient (Wildman–Crippen LogP) is 1.19. The van der Waals surface area contributed by atoms with Gasteiger partial charge in [-0.05, 0) is 24.3 Å². The van der Waals surface area contributed by atoms with Gasteiger partial charge in [-0.1, -0.05) is 11.6 Å². The lowest BCUT2D eigenvalue weighted by molar-refractivity contribution is -0.141. The molecule has 1 unspecified atom stereocenters. The molecule has 27 heavy (non-hydrogen) atoms. The van der Waals surface area contributed by atoms with Crippen LogP contribution in [0.25, 0.3) is 0 Å². The number of hydrogen-bond donors (Lipinski definition) is 1. The van der Waals surface area contributed by atoms with Crippen molar-refractivity contribution in [2.75, 3.05) is 52.5 Å². The number of carbonyl (C=O) groups is 2. The lowest BCUT2D eigenvalue weighted by Crippen LogP contribution is -2.53. The molecule has 2 amide bonds. The average molecular weight is 418 g/mol. The van der Waals surface area contributed by atoms with E-state index in [9.17, 15) is 9.59 Å². The third-order valence-corrected chi connectivity index (χ3v) is 4.83. The zero-order valence-corrected chi connectivity index (χ0v) is 16.6. The summed E-state index contributed by atoms with van der Waals surface area (Å²) < 4.78 is 10.9. The molecule has 0 aromatic heterocycles. The number of nitrogens with one attached hydrogen (secondary N) is 1. The Balaban J connectivity index is 0.00000261. The van der Waals surface area contributed by atoms with E-state index in [0.29, 0.717) is 56.6 Å². The summed E-state index contributed by atoms with van der Waals surface area (Å²) in [6, 6.07) is 6.99. The number of piperazine rings is 1. The van der Waals surface area contributed by atoms with Gasteiger partial charge in [-0.2, -0.15) is 0 Å². The van der Waals surface area contributed by atoms with Crippen LogP contribution in [0.1, 0.15) is 6.42 Å². The van der Waals surface area contributed by atoms with E-state index in [1.54, 1.807) is 29.2 Å². The van der Waals surface area contributed by atoms with Crippen LogP contribution in [0.5, 0.6) is 5.75 Å². The molecule has 2 fully saturated rings. The number of carbonyl (C=O) groups excluding carboxylic acids is 2. The van der Waals surface area contributed by atoms with Crippen molar-refractivity contribution in [1.29, 1.82) is 0 Å². The fraction of sp³-hybridized carbons (Fsp3) is 0.556. The Morgan fingerprint density at radius 2 is 1.74 bits per heavy atom. The van der Waals surface area contributed by atoms with Gasteiger partial charge < -0.3 is 24.6 Å². The van der Waals surface area contributed by atoms with Crippen LogP contribution >= 0.6 is 24.0 Å². The van der Waals surface area contributed by atoms with Crippen LogP contribution in [0.4, 0.5) is 0 Å². The molecular weight excluding hydrogens is 393 g/mol. The highest BCUT2D eigenvalue weighted by atomic mass is 35.5. The smallest absolute Gasteiger partial charge is 0.260 e. The molecule has 0 saturated carbocycles. The molecule has 0 radical (unpaired) electrons. The molecule has 0 aliphatic carbocycles. The number of amides is 2. The fourth-order valence-electron chi connectivity index (χ4n) is 3.06. The van der Waals surface area contributed by atoms with Crippen molar-refractivity contribution in [3.8, 4) is 5.75 Å². The van der Waals surface area contributed by atoms with Crippen molar-refractivity contribution in [2.24, 2.45) is 0 Å². The van der Waals surface area contributed by atoms with Gasteiger partial charge in [-0.25, -0.2) is 0 Å². The lowest BCUT2D eigenvalue weighted by Gasteiger charge is -2.35. The van der Waals surface area contributed by atoms with Crippen molar-refractivity contribution < 1.29 is 19.1 Å². The molecule has 0 spiro atoms. The molecule has 150 valence electrons. The first-order chi connectivity index (χ1) is 12.6. The van der Waals surface area contributed by atoms with E-state index in [-0.39, 0.29) is 36.9 Å². The van der Waals surface area contributed by atoms with Gasteiger partial charge in [-0.15, -0.1) is 12.4 Å². The minimum atomic E-state index is -0.0746. The minimum Gasteiger partial charge on any atom is -0.484 e. The van der Waals surface area contributed by atoms with Gasteiger partial charge in [-0.3, -0.25) is 9.59 Å². The molecule has 7 nitrogen and oxygen atoms in total.